The lowest BCUT2D eigenvalue weighted by Crippen LogP contribution is -2.34. The summed E-state index contributed by atoms with van der Waals surface area (Å²) in [5, 5.41) is 24.8. The number of aromatic carboxylic acids is 1. The van der Waals surface area contributed by atoms with Crippen molar-refractivity contribution in [3.63, 3.8) is 0 Å². The molecule has 4 aromatic rings. The fraction of sp³-hybridized carbons (Fsp3) is 0.257. The highest BCUT2D eigenvalue weighted by atomic mass is 32.2. The average Bonchev–Trinajstić information content (AvgIpc) is 3.07. The van der Waals surface area contributed by atoms with Crippen LogP contribution in [0.1, 0.15) is 58.4 Å². The smallest absolute Gasteiger partial charge is 0.336 e. The number of amides is 2. The molecule has 0 unspecified atom stereocenters. The molecular weight excluding hydrogens is 576 g/mol. The molecule has 0 spiro atoms. The van der Waals surface area contributed by atoms with Gasteiger partial charge in [-0.25, -0.2) is 9.59 Å². The second-order valence-corrected chi connectivity index (χ2v) is 11.5. The van der Waals surface area contributed by atoms with Crippen LogP contribution >= 0.6 is 11.8 Å². The highest BCUT2D eigenvalue weighted by Gasteiger charge is 2.32. The Hall–Kier alpha value is -4.15. The molecule has 1 fully saturated rings. The number of carboxylic acids is 1. The van der Waals surface area contributed by atoms with Gasteiger partial charge in [-0.3, -0.25) is 0 Å². The molecule has 8 nitrogen and oxygen atoms in total. The Balaban J connectivity index is 1.35. The van der Waals surface area contributed by atoms with Gasteiger partial charge >= 0.3 is 12.0 Å². The maximum atomic E-state index is 12.0. The van der Waals surface area contributed by atoms with Crippen molar-refractivity contribution >= 4 is 23.8 Å². The van der Waals surface area contributed by atoms with Gasteiger partial charge in [0.05, 0.1) is 24.4 Å². The molecule has 0 aromatic heterocycles. The zero-order valence-corrected chi connectivity index (χ0v) is 25.3. The van der Waals surface area contributed by atoms with Crippen molar-refractivity contribution in [1.29, 1.82) is 0 Å². The first-order valence-corrected chi connectivity index (χ1v) is 15.6. The minimum Gasteiger partial charge on any atom is -0.478 e. The topological polar surface area (TPSA) is 117 Å². The van der Waals surface area contributed by atoms with Crippen molar-refractivity contribution in [2.75, 3.05) is 12.3 Å². The van der Waals surface area contributed by atoms with Crippen LogP contribution in [0.15, 0.2) is 102 Å². The molecule has 0 radical (unpaired) electrons. The SMILES string of the molecule is CCNC(=O)NCc1ccccc1-c1ccc([C@@H]2O[C@H](CSc3ccccc3C(=O)O)C[C@H](c3ccc(CO)cc3)O2)cc1. The van der Waals surface area contributed by atoms with E-state index in [2.05, 4.69) is 10.6 Å². The van der Waals surface area contributed by atoms with Crippen molar-refractivity contribution in [3.05, 3.63) is 125 Å². The van der Waals surface area contributed by atoms with Gasteiger partial charge in [-0.15, -0.1) is 11.8 Å². The Morgan fingerprint density at radius 1 is 0.864 bits per heavy atom. The first kappa shape index (κ1) is 31.3. The van der Waals surface area contributed by atoms with Crippen LogP contribution in [0, 0.1) is 0 Å². The molecule has 9 heteroatoms. The van der Waals surface area contributed by atoms with Crippen molar-refractivity contribution < 1.29 is 29.3 Å². The number of nitrogens with one attached hydrogen (secondary N) is 2. The fourth-order valence-electron chi connectivity index (χ4n) is 5.15. The Morgan fingerprint density at radius 3 is 2.30 bits per heavy atom. The standard InChI is InChI=1S/C35H36N2O6S/c1-2-36-35(41)37-20-27-7-3-4-8-29(27)24-15-17-26(18-16-24)34-42-28(22-44-32-10-6-5-9-30(32)33(39)40)19-31(43-34)25-13-11-23(21-38)12-14-25/h3-18,28,31,34,38H,2,19-22H2,1H3,(H,39,40)(H2,36,37,41)/t28-,31+,34+/m0/s1. The molecule has 44 heavy (non-hydrogen) atoms. The van der Waals surface area contributed by atoms with Gasteiger partial charge in [-0.05, 0) is 46.9 Å². The van der Waals surface area contributed by atoms with Gasteiger partial charge in [0.15, 0.2) is 6.29 Å². The molecule has 0 aliphatic carbocycles. The summed E-state index contributed by atoms with van der Waals surface area (Å²) in [4.78, 5) is 24.4. The number of carbonyl (C=O) groups is 2. The van der Waals surface area contributed by atoms with E-state index in [-0.39, 0.29) is 30.4 Å². The lowest BCUT2D eigenvalue weighted by Gasteiger charge is -2.36. The Morgan fingerprint density at radius 2 is 1.57 bits per heavy atom. The summed E-state index contributed by atoms with van der Waals surface area (Å²) < 4.78 is 13.0. The highest BCUT2D eigenvalue weighted by Crippen LogP contribution is 2.40. The van der Waals surface area contributed by atoms with Gasteiger partial charge in [-0.2, -0.15) is 0 Å². The molecule has 4 aromatic carbocycles. The minimum atomic E-state index is -0.956. The molecule has 0 saturated carbocycles. The molecule has 1 saturated heterocycles. The number of ether oxygens (including phenoxy) is 2. The first-order valence-electron chi connectivity index (χ1n) is 14.6. The monoisotopic (exact) mass is 612 g/mol. The molecular formula is C35H36N2O6S. The van der Waals surface area contributed by atoms with Crippen molar-refractivity contribution in [3.8, 4) is 11.1 Å². The zero-order valence-electron chi connectivity index (χ0n) is 24.4. The van der Waals surface area contributed by atoms with Gasteiger partial charge < -0.3 is 30.3 Å². The van der Waals surface area contributed by atoms with Crippen molar-refractivity contribution in [2.45, 2.75) is 49.9 Å². The Kier molecular flexibility index (Phi) is 10.7. The van der Waals surface area contributed by atoms with E-state index in [1.165, 1.54) is 11.8 Å². The molecule has 0 bridgehead atoms. The number of thioether (sulfide) groups is 1. The number of carbonyl (C=O) groups excluding carboxylic acids is 1. The summed E-state index contributed by atoms with van der Waals surface area (Å²) in [6.07, 6.45) is -0.483. The number of benzene rings is 4. The number of rotatable bonds is 11. The number of hydrogen-bond acceptors (Lipinski definition) is 6. The van der Waals surface area contributed by atoms with Crippen LogP contribution in [0.4, 0.5) is 4.79 Å². The van der Waals surface area contributed by atoms with Crippen LogP contribution in [-0.4, -0.2) is 40.6 Å². The largest absolute Gasteiger partial charge is 0.478 e. The Labute approximate surface area is 261 Å². The van der Waals surface area contributed by atoms with E-state index in [0.717, 1.165) is 33.4 Å². The van der Waals surface area contributed by atoms with Crippen molar-refractivity contribution in [1.82, 2.24) is 10.6 Å². The van der Waals surface area contributed by atoms with Crippen LogP contribution in [0.2, 0.25) is 0 Å². The van der Waals surface area contributed by atoms with E-state index in [0.29, 0.717) is 30.2 Å². The molecule has 228 valence electrons. The van der Waals surface area contributed by atoms with Gasteiger partial charge in [0, 0.05) is 35.7 Å². The van der Waals surface area contributed by atoms with Gasteiger partial charge in [-0.1, -0.05) is 84.9 Å². The molecule has 5 rings (SSSR count). The van der Waals surface area contributed by atoms with E-state index < -0.39 is 12.3 Å². The summed E-state index contributed by atoms with van der Waals surface area (Å²) >= 11 is 1.46. The third-order valence-electron chi connectivity index (χ3n) is 7.45. The highest BCUT2D eigenvalue weighted by molar-refractivity contribution is 7.99. The molecule has 1 aliphatic heterocycles. The number of aliphatic hydroxyl groups is 1. The summed E-state index contributed by atoms with van der Waals surface area (Å²) in [6, 6.07) is 30.5. The van der Waals surface area contributed by atoms with Gasteiger partial charge in [0.1, 0.15) is 0 Å². The van der Waals surface area contributed by atoms with Crippen LogP contribution in [0.5, 0.6) is 0 Å². The first-order chi connectivity index (χ1) is 21.4. The van der Waals surface area contributed by atoms with E-state index in [4.69, 9.17) is 9.47 Å². The van der Waals surface area contributed by atoms with Gasteiger partial charge in [0.25, 0.3) is 0 Å². The van der Waals surface area contributed by atoms with Crippen LogP contribution in [0.3, 0.4) is 0 Å². The van der Waals surface area contributed by atoms with Crippen molar-refractivity contribution in [2.24, 2.45) is 0 Å². The third kappa shape index (κ3) is 7.86. The zero-order chi connectivity index (χ0) is 30.9. The summed E-state index contributed by atoms with van der Waals surface area (Å²) in [5.41, 5.74) is 5.98. The summed E-state index contributed by atoms with van der Waals surface area (Å²) in [6.45, 7) is 2.81. The van der Waals surface area contributed by atoms with E-state index >= 15 is 0 Å². The van der Waals surface area contributed by atoms with Crippen LogP contribution < -0.4 is 10.6 Å². The quantitative estimate of drug-likeness (QED) is 0.139. The summed E-state index contributed by atoms with van der Waals surface area (Å²) in [5.74, 6) is -0.401. The molecule has 4 N–H and O–H groups in total. The Bertz CT molecular complexity index is 1560. The molecule has 1 aliphatic rings. The predicted octanol–water partition coefficient (Wildman–Crippen LogP) is 6.70. The van der Waals surface area contributed by atoms with Crippen LogP contribution in [0.25, 0.3) is 11.1 Å². The number of urea groups is 1. The minimum absolute atomic E-state index is 0.0305. The average molecular weight is 613 g/mol. The molecule has 2 amide bonds. The number of carboxylic acid groups (broad SMARTS) is 1. The van der Waals surface area contributed by atoms with E-state index in [9.17, 15) is 19.8 Å². The molecule has 3 atom stereocenters. The summed E-state index contributed by atoms with van der Waals surface area (Å²) in [7, 11) is 0. The molecule has 1 heterocycles. The fourth-order valence-corrected chi connectivity index (χ4v) is 6.21. The maximum Gasteiger partial charge on any atom is 0.336 e. The van der Waals surface area contributed by atoms with Crippen LogP contribution in [-0.2, 0) is 22.6 Å². The van der Waals surface area contributed by atoms with E-state index in [1.807, 2.05) is 91.9 Å². The number of aliphatic hydroxyl groups excluding tert-OH is 1. The van der Waals surface area contributed by atoms with E-state index in [1.54, 1.807) is 12.1 Å². The number of hydrogen-bond donors (Lipinski definition) is 4. The second-order valence-electron chi connectivity index (χ2n) is 10.5. The predicted molar refractivity (Wildman–Crippen MR) is 170 cm³/mol. The maximum absolute atomic E-state index is 12.0. The lowest BCUT2D eigenvalue weighted by atomic mass is 9.98. The van der Waals surface area contributed by atoms with Gasteiger partial charge in [0.2, 0.25) is 0 Å². The lowest BCUT2D eigenvalue weighted by molar-refractivity contribution is -0.245. The normalized spacial score (nSPS) is 18.0. The third-order valence-corrected chi connectivity index (χ3v) is 8.65. The second kappa shape index (κ2) is 15.0.